The Labute approximate surface area is 196 Å². The number of nitro groups is 1. The summed E-state index contributed by atoms with van der Waals surface area (Å²) in [5.74, 6) is 0.233. The second kappa shape index (κ2) is 9.59. The van der Waals surface area contributed by atoms with Crippen LogP contribution in [0.25, 0.3) is 0 Å². The summed E-state index contributed by atoms with van der Waals surface area (Å²) in [7, 11) is 0. The number of fused-ring (bicyclic) bond motifs is 1. The third kappa shape index (κ3) is 5.15. The standard InChI is InChI=1S/C21H17ClFN5O4S/c22-17-6-5-14(28(31)32)7-15(17)21(30)25-20-16-10-33-11-18(16)26-27(20)9-19(29)24-8-12-1-3-13(23)4-2-12/h1-7H,8-11H2,(H,24,29)(H,25,30). The topological polar surface area (TPSA) is 119 Å². The summed E-state index contributed by atoms with van der Waals surface area (Å²) in [6.45, 7) is 0.0536. The van der Waals surface area contributed by atoms with Gasteiger partial charge >= 0.3 is 0 Å². The molecule has 1 aliphatic heterocycles. The van der Waals surface area contributed by atoms with Crippen molar-refractivity contribution in [1.82, 2.24) is 15.1 Å². The summed E-state index contributed by atoms with van der Waals surface area (Å²) in [5, 5.41) is 21.0. The third-order valence-electron chi connectivity index (χ3n) is 4.95. The summed E-state index contributed by atoms with van der Waals surface area (Å²) in [6, 6.07) is 9.36. The number of carbonyl (C=O) groups is 2. The first-order valence-electron chi connectivity index (χ1n) is 9.74. The van der Waals surface area contributed by atoms with Crippen molar-refractivity contribution in [3.8, 4) is 0 Å². The van der Waals surface area contributed by atoms with E-state index in [-0.39, 0.29) is 41.1 Å². The van der Waals surface area contributed by atoms with Crippen molar-refractivity contribution in [3.05, 3.63) is 85.8 Å². The minimum Gasteiger partial charge on any atom is -0.350 e. The number of nitro benzene ring substituents is 1. The van der Waals surface area contributed by atoms with E-state index in [0.29, 0.717) is 17.3 Å². The highest BCUT2D eigenvalue weighted by molar-refractivity contribution is 7.98. The van der Waals surface area contributed by atoms with Gasteiger partial charge in [0.15, 0.2) is 0 Å². The molecule has 3 aromatic rings. The average molecular weight is 490 g/mol. The van der Waals surface area contributed by atoms with Gasteiger partial charge < -0.3 is 10.6 Å². The minimum absolute atomic E-state index is 0.0567. The monoisotopic (exact) mass is 489 g/mol. The molecule has 2 N–H and O–H groups in total. The van der Waals surface area contributed by atoms with Crippen LogP contribution in [0.15, 0.2) is 42.5 Å². The molecule has 0 aliphatic carbocycles. The van der Waals surface area contributed by atoms with Crippen molar-refractivity contribution >= 4 is 46.7 Å². The number of anilines is 1. The van der Waals surface area contributed by atoms with E-state index >= 15 is 0 Å². The zero-order chi connectivity index (χ0) is 23.5. The maximum absolute atomic E-state index is 13.0. The smallest absolute Gasteiger partial charge is 0.270 e. The highest BCUT2D eigenvalue weighted by atomic mass is 35.5. The molecule has 4 rings (SSSR count). The molecule has 0 fully saturated rings. The van der Waals surface area contributed by atoms with Gasteiger partial charge in [-0.15, -0.1) is 0 Å². The average Bonchev–Trinajstić information content (AvgIpc) is 3.36. The summed E-state index contributed by atoms with van der Waals surface area (Å²) < 4.78 is 14.4. The van der Waals surface area contributed by atoms with E-state index in [0.717, 1.165) is 22.9 Å². The van der Waals surface area contributed by atoms with Crippen LogP contribution in [0.1, 0.15) is 27.2 Å². The van der Waals surface area contributed by atoms with E-state index < -0.39 is 10.8 Å². The van der Waals surface area contributed by atoms with Crippen molar-refractivity contribution in [2.45, 2.75) is 24.6 Å². The largest absolute Gasteiger partial charge is 0.350 e. The first-order chi connectivity index (χ1) is 15.8. The maximum Gasteiger partial charge on any atom is 0.270 e. The van der Waals surface area contributed by atoms with Gasteiger partial charge in [0.05, 0.1) is 21.2 Å². The maximum atomic E-state index is 13.0. The predicted octanol–water partition coefficient (Wildman–Crippen LogP) is 3.90. The normalized spacial score (nSPS) is 12.3. The Balaban J connectivity index is 1.51. The second-order valence-electron chi connectivity index (χ2n) is 7.20. The van der Waals surface area contributed by atoms with E-state index in [1.165, 1.54) is 28.9 Å². The van der Waals surface area contributed by atoms with Crippen LogP contribution in [-0.2, 0) is 29.4 Å². The SMILES string of the molecule is O=C(Cn1nc2c(c1NC(=O)c1cc([N+](=O)[O-])ccc1Cl)CSC2)NCc1ccc(F)cc1. The molecule has 0 spiro atoms. The number of nitrogens with one attached hydrogen (secondary N) is 2. The van der Waals surface area contributed by atoms with Crippen LogP contribution in [-0.4, -0.2) is 26.5 Å². The molecule has 2 aromatic carbocycles. The van der Waals surface area contributed by atoms with Crippen molar-refractivity contribution in [1.29, 1.82) is 0 Å². The number of nitrogens with zero attached hydrogens (tertiary/aromatic N) is 3. The number of benzene rings is 2. The molecule has 0 bridgehead atoms. The van der Waals surface area contributed by atoms with Crippen LogP contribution in [0.3, 0.4) is 0 Å². The molecule has 9 nitrogen and oxygen atoms in total. The molecule has 2 amide bonds. The zero-order valence-electron chi connectivity index (χ0n) is 17.0. The molecule has 33 heavy (non-hydrogen) atoms. The predicted molar refractivity (Wildman–Crippen MR) is 122 cm³/mol. The number of halogens is 2. The van der Waals surface area contributed by atoms with Gasteiger partial charge in [-0.05, 0) is 23.8 Å². The van der Waals surface area contributed by atoms with Crippen molar-refractivity contribution in [2.24, 2.45) is 0 Å². The number of hydrogen-bond acceptors (Lipinski definition) is 6. The molecular weight excluding hydrogens is 473 g/mol. The number of hydrogen-bond donors (Lipinski definition) is 2. The van der Waals surface area contributed by atoms with Gasteiger partial charge in [-0.3, -0.25) is 19.7 Å². The molecule has 2 heterocycles. The molecular formula is C21H17ClFN5O4S. The molecule has 0 atom stereocenters. The molecule has 1 aliphatic rings. The number of non-ortho nitro benzene ring substituents is 1. The molecule has 0 saturated heterocycles. The Morgan fingerprint density at radius 1 is 1.21 bits per heavy atom. The van der Waals surface area contributed by atoms with E-state index in [2.05, 4.69) is 15.7 Å². The first-order valence-corrected chi connectivity index (χ1v) is 11.3. The Bertz CT molecular complexity index is 1250. The lowest BCUT2D eigenvalue weighted by atomic mass is 10.2. The van der Waals surface area contributed by atoms with Crippen LogP contribution in [0.2, 0.25) is 5.02 Å². The number of amides is 2. The number of aromatic nitrogens is 2. The van der Waals surface area contributed by atoms with E-state index in [4.69, 9.17) is 11.6 Å². The lowest BCUT2D eigenvalue weighted by Gasteiger charge is -2.12. The highest BCUT2D eigenvalue weighted by Gasteiger charge is 2.26. The Morgan fingerprint density at radius 2 is 1.97 bits per heavy atom. The van der Waals surface area contributed by atoms with Crippen LogP contribution in [0.5, 0.6) is 0 Å². The Morgan fingerprint density at radius 3 is 2.70 bits per heavy atom. The van der Waals surface area contributed by atoms with Crippen LogP contribution < -0.4 is 10.6 Å². The van der Waals surface area contributed by atoms with Crippen LogP contribution in [0.4, 0.5) is 15.9 Å². The van der Waals surface area contributed by atoms with Crippen molar-refractivity contribution < 1.29 is 18.9 Å². The van der Waals surface area contributed by atoms with Gasteiger partial charge in [0.25, 0.3) is 11.6 Å². The summed E-state index contributed by atoms with van der Waals surface area (Å²) in [6.07, 6.45) is 0. The van der Waals surface area contributed by atoms with Gasteiger partial charge in [0.2, 0.25) is 5.91 Å². The first kappa shape index (κ1) is 22.7. The zero-order valence-corrected chi connectivity index (χ0v) is 18.6. The Hall–Kier alpha value is -3.44. The fourth-order valence-corrected chi connectivity index (χ4v) is 4.53. The van der Waals surface area contributed by atoms with Gasteiger partial charge in [0, 0.05) is 35.7 Å². The van der Waals surface area contributed by atoms with Gasteiger partial charge in [0.1, 0.15) is 18.2 Å². The lowest BCUT2D eigenvalue weighted by Crippen LogP contribution is -2.29. The van der Waals surface area contributed by atoms with Crippen LogP contribution in [0, 0.1) is 15.9 Å². The molecule has 1 aromatic heterocycles. The summed E-state index contributed by atoms with van der Waals surface area (Å²) in [4.78, 5) is 35.8. The summed E-state index contributed by atoms with van der Waals surface area (Å²) in [5.41, 5.74) is 1.96. The summed E-state index contributed by atoms with van der Waals surface area (Å²) >= 11 is 7.71. The number of carbonyl (C=O) groups excluding carboxylic acids is 2. The van der Waals surface area contributed by atoms with Gasteiger partial charge in [-0.1, -0.05) is 23.7 Å². The third-order valence-corrected chi connectivity index (χ3v) is 6.25. The fourth-order valence-electron chi connectivity index (χ4n) is 3.29. The van der Waals surface area contributed by atoms with Gasteiger partial charge in [-0.2, -0.15) is 16.9 Å². The fraction of sp³-hybridized carbons (Fsp3) is 0.190. The number of thioether (sulfide) groups is 1. The van der Waals surface area contributed by atoms with Crippen LogP contribution >= 0.6 is 23.4 Å². The van der Waals surface area contributed by atoms with Crippen molar-refractivity contribution in [2.75, 3.05) is 5.32 Å². The number of rotatable bonds is 7. The lowest BCUT2D eigenvalue weighted by molar-refractivity contribution is -0.384. The quantitative estimate of drug-likeness (QED) is 0.384. The molecule has 12 heteroatoms. The molecule has 0 radical (unpaired) electrons. The van der Waals surface area contributed by atoms with Crippen molar-refractivity contribution in [3.63, 3.8) is 0 Å². The Kier molecular flexibility index (Phi) is 6.61. The molecule has 0 unspecified atom stereocenters. The van der Waals surface area contributed by atoms with Gasteiger partial charge in [-0.25, -0.2) is 9.07 Å². The molecule has 0 saturated carbocycles. The molecule has 170 valence electrons. The minimum atomic E-state index is -0.642. The highest BCUT2D eigenvalue weighted by Crippen LogP contribution is 2.35. The van der Waals surface area contributed by atoms with E-state index in [9.17, 15) is 24.1 Å². The van der Waals surface area contributed by atoms with E-state index in [1.807, 2.05) is 0 Å². The van der Waals surface area contributed by atoms with E-state index in [1.54, 1.807) is 23.9 Å². The second-order valence-corrected chi connectivity index (χ2v) is 8.60.